The van der Waals surface area contributed by atoms with Gasteiger partial charge >= 0.3 is 0 Å². The van der Waals surface area contributed by atoms with Crippen molar-refractivity contribution in [2.24, 2.45) is 5.41 Å². The van der Waals surface area contributed by atoms with Crippen molar-refractivity contribution in [3.8, 4) is 11.5 Å². The van der Waals surface area contributed by atoms with Gasteiger partial charge in [0, 0.05) is 4.47 Å². The molecule has 1 aromatic rings. The Kier molecular flexibility index (Phi) is 4.73. The molecule has 0 saturated heterocycles. The Morgan fingerprint density at radius 1 is 1.12 bits per heavy atom. The number of benzene rings is 1. The van der Waals surface area contributed by atoms with Gasteiger partial charge in [0.1, 0.15) is 0 Å². The van der Waals surface area contributed by atoms with E-state index in [1.807, 2.05) is 12.1 Å². The van der Waals surface area contributed by atoms with Crippen LogP contribution in [0, 0.1) is 5.41 Å². The van der Waals surface area contributed by atoms with Crippen molar-refractivity contribution >= 4 is 27.5 Å². The van der Waals surface area contributed by atoms with Crippen molar-refractivity contribution in [2.75, 3.05) is 14.2 Å². The van der Waals surface area contributed by atoms with E-state index in [1.165, 1.54) is 0 Å². The third-order valence-electron chi connectivity index (χ3n) is 2.54. The van der Waals surface area contributed by atoms with E-state index in [1.54, 1.807) is 14.2 Å². The Labute approximate surface area is 116 Å². The third kappa shape index (κ3) is 3.29. The Morgan fingerprint density at radius 3 is 2.00 bits per heavy atom. The van der Waals surface area contributed by atoms with Gasteiger partial charge in [-0.3, -0.25) is 0 Å². The summed E-state index contributed by atoms with van der Waals surface area (Å²) in [5.74, 6) is 1.39. The molecule has 0 spiro atoms. The van der Waals surface area contributed by atoms with Crippen LogP contribution >= 0.6 is 27.5 Å². The van der Waals surface area contributed by atoms with Gasteiger partial charge in [-0.2, -0.15) is 0 Å². The van der Waals surface area contributed by atoms with Gasteiger partial charge in [0.05, 0.1) is 19.6 Å². The van der Waals surface area contributed by atoms with Gasteiger partial charge in [-0.25, -0.2) is 0 Å². The molecule has 2 nitrogen and oxygen atoms in total. The number of methoxy groups -OCH3 is 2. The van der Waals surface area contributed by atoms with Crippen LogP contribution in [0.4, 0.5) is 0 Å². The summed E-state index contributed by atoms with van der Waals surface area (Å²) in [6, 6.07) is 3.81. The molecule has 1 rings (SSSR count). The predicted molar refractivity (Wildman–Crippen MR) is 75.3 cm³/mol. The molecule has 0 heterocycles. The molecule has 0 aromatic heterocycles. The average molecular weight is 322 g/mol. The summed E-state index contributed by atoms with van der Waals surface area (Å²) in [7, 11) is 3.24. The minimum atomic E-state index is -0.100. The molecule has 0 aliphatic rings. The number of ether oxygens (including phenoxy) is 2. The fraction of sp³-hybridized carbons (Fsp3) is 0.538. The highest BCUT2D eigenvalue weighted by Crippen LogP contribution is 2.44. The first-order valence-corrected chi connectivity index (χ1v) is 6.59. The Hall–Kier alpha value is -0.410. The Balaban J connectivity index is 3.26. The zero-order valence-electron chi connectivity index (χ0n) is 10.8. The van der Waals surface area contributed by atoms with E-state index in [2.05, 4.69) is 36.7 Å². The van der Waals surface area contributed by atoms with Crippen molar-refractivity contribution in [2.45, 2.75) is 26.1 Å². The molecule has 0 fully saturated rings. The summed E-state index contributed by atoms with van der Waals surface area (Å²) in [6.07, 6.45) is 0. The first-order valence-electron chi connectivity index (χ1n) is 5.36. The van der Waals surface area contributed by atoms with E-state index in [4.69, 9.17) is 21.1 Å². The van der Waals surface area contributed by atoms with Gasteiger partial charge in [0.25, 0.3) is 0 Å². The maximum atomic E-state index is 6.49. The largest absolute Gasteiger partial charge is 0.493 e. The first kappa shape index (κ1) is 14.7. The van der Waals surface area contributed by atoms with E-state index in [0.29, 0.717) is 11.5 Å². The lowest BCUT2D eigenvalue weighted by molar-refractivity contribution is 0.351. The number of hydrogen-bond acceptors (Lipinski definition) is 2. The van der Waals surface area contributed by atoms with Crippen LogP contribution in [0.25, 0.3) is 0 Å². The predicted octanol–water partition coefficient (Wildman–Crippen LogP) is 4.79. The minimum Gasteiger partial charge on any atom is -0.493 e. The normalized spacial score (nSPS) is 13.4. The van der Waals surface area contributed by atoms with Gasteiger partial charge in [-0.1, -0.05) is 36.7 Å². The number of rotatable bonds is 3. The van der Waals surface area contributed by atoms with E-state index in [9.17, 15) is 0 Å². The topological polar surface area (TPSA) is 18.5 Å². The van der Waals surface area contributed by atoms with Crippen LogP contribution < -0.4 is 9.47 Å². The first-order chi connectivity index (χ1) is 7.81. The summed E-state index contributed by atoms with van der Waals surface area (Å²) in [5.41, 5.74) is 0.987. The minimum absolute atomic E-state index is 0.0241. The summed E-state index contributed by atoms with van der Waals surface area (Å²) in [6.45, 7) is 6.31. The van der Waals surface area contributed by atoms with Crippen LogP contribution in [0.2, 0.25) is 0 Å². The lowest BCUT2D eigenvalue weighted by Gasteiger charge is -2.27. The van der Waals surface area contributed by atoms with Crippen molar-refractivity contribution < 1.29 is 9.47 Å². The summed E-state index contributed by atoms with van der Waals surface area (Å²) in [5, 5.41) is -0.100. The highest BCUT2D eigenvalue weighted by atomic mass is 79.9. The van der Waals surface area contributed by atoms with Crippen molar-refractivity contribution in [1.82, 2.24) is 0 Å². The fourth-order valence-electron chi connectivity index (χ4n) is 1.53. The second-order valence-electron chi connectivity index (χ2n) is 4.96. The number of alkyl halides is 1. The molecule has 0 N–H and O–H groups in total. The molecule has 0 aliphatic heterocycles. The summed E-state index contributed by atoms with van der Waals surface area (Å²) < 4.78 is 11.5. The van der Waals surface area contributed by atoms with Gasteiger partial charge < -0.3 is 9.47 Å². The van der Waals surface area contributed by atoms with Crippen LogP contribution in [0.15, 0.2) is 16.6 Å². The lowest BCUT2D eigenvalue weighted by Crippen LogP contribution is -2.14. The molecular formula is C13H18BrClO2. The van der Waals surface area contributed by atoms with Crippen molar-refractivity contribution in [3.05, 3.63) is 22.2 Å². The molecule has 0 saturated carbocycles. The zero-order valence-corrected chi connectivity index (χ0v) is 13.1. The fourth-order valence-corrected chi connectivity index (χ4v) is 2.39. The highest BCUT2D eigenvalue weighted by molar-refractivity contribution is 9.10. The summed E-state index contributed by atoms with van der Waals surface area (Å²) in [4.78, 5) is 0. The highest BCUT2D eigenvalue weighted by Gasteiger charge is 2.27. The van der Waals surface area contributed by atoms with Crippen LogP contribution in [0.3, 0.4) is 0 Å². The molecule has 17 heavy (non-hydrogen) atoms. The molecule has 1 unspecified atom stereocenters. The quantitative estimate of drug-likeness (QED) is 0.745. The molecule has 4 heteroatoms. The van der Waals surface area contributed by atoms with Crippen molar-refractivity contribution in [3.63, 3.8) is 0 Å². The molecule has 1 atom stereocenters. The van der Waals surface area contributed by atoms with Gasteiger partial charge in [-0.15, -0.1) is 11.6 Å². The summed E-state index contributed by atoms with van der Waals surface area (Å²) >= 11 is 10.0. The van der Waals surface area contributed by atoms with Crippen LogP contribution in [0.1, 0.15) is 31.7 Å². The number of hydrogen-bond donors (Lipinski definition) is 0. The van der Waals surface area contributed by atoms with E-state index < -0.39 is 0 Å². The van der Waals surface area contributed by atoms with Crippen molar-refractivity contribution in [1.29, 1.82) is 0 Å². The molecular weight excluding hydrogens is 303 g/mol. The van der Waals surface area contributed by atoms with Gasteiger partial charge in [0.2, 0.25) is 0 Å². The van der Waals surface area contributed by atoms with Gasteiger partial charge in [-0.05, 0) is 23.1 Å². The molecule has 0 amide bonds. The Morgan fingerprint density at radius 2 is 1.59 bits per heavy atom. The van der Waals surface area contributed by atoms with E-state index in [-0.39, 0.29) is 10.8 Å². The van der Waals surface area contributed by atoms with Gasteiger partial charge in [0.15, 0.2) is 11.5 Å². The third-order valence-corrected chi connectivity index (χ3v) is 4.11. The molecule has 0 radical (unpaired) electrons. The SMILES string of the molecule is COc1cc(Br)c(C(Cl)C(C)(C)C)cc1OC. The zero-order chi connectivity index (χ0) is 13.2. The number of halogens is 2. The monoisotopic (exact) mass is 320 g/mol. The molecule has 96 valence electrons. The second kappa shape index (κ2) is 5.49. The van der Waals surface area contributed by atoms with E-state index >= 15 is 0 Å². The smallest absolute Gasteiger partial charge is 0.161 e. The average Bonchev–Trinajstić information content (AvgIpc) is 2.26. The van der Waals surface area contributed by atoms with E-state index in [0.717, 1.165) is 10.0 Å². The molecule has 1 aromatic carbocycles. The second-order valence-corrected chi connectivity index (χ2v) is 6.25. The van der Waals surface area contributed by atoms with Crippen LogP contribution in [-0.2, 0) is 0 Å². The Bertz CT molecular complexity index is 399. The standard InChI is InChI=1S/C13H18BrClO2/c1-13(2,3)12(15)8-6-10(16-4)11(17-5)7-9(8)14/h6-7,12H,1-5H3. The molecule has 0 bridgehead atoms. The molecule has 0 aliphatic carbocycles. The maximum absolute atomic E-state index is 6.49. The van der Waals surface area contributed by atoms with Crippen LogP contribution in [-0.4, -0.2) is 14.2 Å². The van der Waals surface area contributed by atoms with Crippen LogP contribution in [0.5, 0.6) is 11.5 Å². The maximum Gasteiger partial charge on any atom is 0.161 e. The lowest BCUT2D eigenvalue weighted by atomic mass is 9.87.